The lowest BCUT2D eigenvalue weighted by atomic mass is 10.1. The Bertz CT molecular complexity index is 483. The van der Waals surface area contributed by atoms with Crippen LogP contribution < -0.4 is 0 Å². The number of aromatic carboxylic acids is 1. The number of hydrogen-bond acceptors (Lipinski definition) is 3. The van der Waals surface area contributed by atoms with Gasteiger partial charge in [-0.05, 0) is 18.2 Å². The van der Waals surface area contributed by atoms with Gasteiger partial charge in [0.05, 0.1) is 12.0 Å². The molecular weight excluding hydrogens is 238 g/mol. The van der Waals surface area contributed by atoms with Gasteiger partial charge in [0, 0.05) is 19.2 Å². The van der Waals surface area contributed by atoms with E-state index in [9.17, 15) is 14.4 Å². The third-order valence-electron chi connectivity index (χ3n) is 2.36. The maximum Gasteiger partial charge on any atom is 0.335 e. The minimum atomic E-state index is -1.11. The van der Waals surface area contributed by atoms with Crippen molar-refractivity contribution in [2.75, 3.05) is 13.6 Å². The van der Waals surface area contributed by atoms with E-state index < -0.39 is 17.8 Å². The van der Waals surface area contributed by atoms with Crippen molar-refractivity contribution < 1.29 is 24.6 Å². The van der Waals surface area contributed by atoms with E-state index in [0.717, 1.165) is 0 Å². The van der Waals surface area contributed by atoms with E-state index in [1.54, 1.807) is 0 Å². The first-order valence-electron chi connectivity index (χ1n) is 5.22. The number of aliphatic carboxylic acids is 1. The van der Waals surface area contributed by atoms with E-state index in [-0.39, 0.29) is 24.1 Å². The zero-order valence-corrected chi connectivity index (χ0v) is 9.79. The van der Waals surface area contributed by atoms with Gasteiger partial charge < -0.3 is 15.1 Å². The SMILES string of the molecule is CN(CCC(=O)O)C(=O)c1cccc(C(=O)O)c1. The summed E-state index contributed by atoms with van der Waals surface area (Å²) in [5.74, 6) is -2.51. The number of benzene rings is 1. The molecule has 6 nitrogen and oxygen atoms in total. The number of carbonyl (C=O) groups excluding carboxylic acids is 1. The van der Waals surface area contributed by atoms with Crippen molar-refractivity contribution in [1.82, 2.24) is 4.90 Å². The number of carboxylic acids is 2. The molecule has 0 saturated heterocycles. The number of carbonyl (C=O) groups is 3. The lowest BCUT2D eigenvalue weighted by Gasteiger charge is -2.16. The van der Waals surface area contributed by atoms with Gasteiger partial charge in [-0.15, -0.1) is 0 Å². The monoisotopic (exact) mass is 251 g/mol. The van der Waals surface area contributed by atoms with Gasteiger partial charge >= 0.3 is 11.9 Å². The average molecular weight is 251 g/mol. The van der Waals surface area contributed by atoms with Crippen molar-refractivity contribution in [3.05, 3.63) is 35.4 Å². The maximum atomic E-state index is 11.9. The number of amides is 1. The molecule has 1 amide bonds. The molecule has 0 aliphatic heterocycles. The van der Waals surface area contributed by atoms with Crippen LogP contribution in [0.2, 0.25) is 0 Å². The summed E-state index contributed by atoms with van der Waals surface area (Å²) in [6.45, 7) is 0.0749. The maximum absolute atomic E-state index is 11.9. The summed E-state index contributed by atoms with van der Waals surface area (Å²) in [6.07, 6.45) is -0.152. The van der Waals surface area contributed by atoms with Crippen LogP contribution in [-0.2, 0) is 4.79 Å². The summed E-state index contributed by atoms with van der Waals surface area (Å²) < 4.78 is 0. The predicted octanol–water partition coefficient (Wildman–Crippen LogP) is 0.931. The van der Waals surface area contributed by atoms with Gasteiger partial charge in [-0.2, -0.15) is 0 Å². The molecule has 0 aliphatic carbocycles. The third-order valence-corrected chi connectivity index (χ3v) is 2.36. The van der Waals surface area contributed by atoms with Crippen LogP contribution in [0.15, 0.2) is 24.3 Å². The Morgan fingerprint density at radius 1 is 1.17 bits per heavy atom. The van der Waals surface area contributed by atoms with Crippen molar-refractivity contribution in [2.45, 2.75) is 6.42 Å². The topological polar surface area (TPSA) is 94.9 Å². The van der Waals surface area contributed by atoms with Gasteiger partial charge in [-0.3, -0.25) is 9.59 Å². The molecule has 1 aromatic carbocycles. The Morgan fingerprint density at radius 3 is 2.33 bits per heavy atom. The zero-order chi connectivity index (χ0) is 13.7. The third kappa shape index (κ3) is 3.58. The Kier molecular flexibility index (Phi) is 4.42. The molecular formula is C12H13NO5. The highest BCUT2D eigenvalue weighted by Gasteiger charge is 2.14. The van der Waals surface area contributed by atoms with Crippen LogP contribution in [0.1, 0.15) is 27.1 Å². The molecule has 0 saturated carbocycles. The van der Waals surface area contributed by atoms with E-state index in [4.69, 9.17) is 10.2 Å². The Morgan fingerprint density at radius 2 is 1.78 bits per heavy atom. The van der Waals surface area contributed by atoms with Gasteiger partial charge in [0.25, 0.3) is 5.91 Å². The minimum Gasteiger partial charge on any atom is -0.481 e. The summed E-state index contributed by atoms with van der Waals surface area (Å²) in [7, 11) is 1.47. The van der Waals surface area contributed by atoms with Gasteiger partial charge in [-0.1, -0.05) is 6.07 Å². The number of hydrogen-bond donors (Lipinski definition) is 2. The molecule has 2 N–H and O–H groups in total. The normalized spacial score (nSPS) is 9.83. The van der Waals surface area contributed by atoms with E-state index in [0.29, 0.717) is 0 Å². The Hall–Kier alpha value is -2.37. The van der Waals surface area contributed by atoms with Crippen LogP contribution in [0.4, 0.5) is 0 Å². The lowest BCUT2D eigenvalue weighted by molar-refractivity contribution is -0.137. The van der Waals surface area contributed by atoms with Crippen LogP contribution in [-0.4, -0.2) is 46.6 Å². The quantitative estimate of drug-likeness (QED) is 0.811. The number of nitrogens with zero attached hydrogens (tertiary/aromatic N) is 1. The second-order valence-electron chi connectivity index (χ2n) is 3.76. The van der Waals surface area contributed by atoms with E-state index >= 15 is 0 Å². The van der Waals surface area contributed by atoms with Crippen LogP contribution in [0, 0.1) is 0 Å². The molecule has 0 unspecified atom stereocenters. The molecule has 0 bridgehead atoms. The molecule has 0 atom stereocenters. The molecule has 0 spiro atoms. The van der Waals surface area contributed by atoms with Crippen molar-refractivity contribution in [1.29, 1.82) is 0 Å². The molecule has 1 rings (SSSR count). The van der Waals surface area contributed by atoms with Crippen LogP contribution >= 0.6 is 0 Å². The Balaban J connectivity index is 2.80. The molecule has 0 radical (unpaired) electrons. The lowest BCUT2D eigenvalue weighted by Crippen LogP contribution is -2.29. The molecule has 96 valence electrons. The predicted molar refractivity (Wildman–Crippen MR) is 62.6 cm³/mol. The summed E-state index contributed by atoms with van der Waals surface area (Å²) in [4.78, 5) is 34.3. The molecule has 0 aromatic heterocycles. The first-order valence-corrected chi connectivity index (χ1v) is 5.22. The summed E-state index contributed by atoms with van der Waals surface area (Å²) in [5.41, 5.74) is 0.246. The standard InChI is InChI=1S/C12H13NO5/c1-13(6-5-10(14)15)11(16)8-3-2-4-9(7-8)12(17)18/h2-4,7H,5-6H2,1H3,(H,14,15)(H,17,18). The van der Waals surface area contributed by atoms with Gasteiger partial charge in [-0.25, -0.2) is 4.79 Å². The molecule has 6 heteroatoms. The number of carboxylic acid groups (broad SMARTS) is 2. The fourth-order valence-electron chi connectivity index (χ4n) is 1.37. The average Bonchev–Trinajstić information content (AvgIpc) is 2.35. The van der Waals surface area contributed by atoms with Gasteiger partial charge in [0.15, 0.2) is 0 Å². The summed E-state index contributed by atoms with van der Waals surface area (Å²) >= 11 is 0. The molecule has 0 heterocycles. The van der Waals surface area contributed by atoms with E-state index in [2.05, 4.69) is 0 Å². The van der Waals surface area contributed by atoms with Crippen molar-refractivity contribution >= 4 is 17.8 Å². The first-order chi connectivity index (χ1) is 8.41. The molecule has 1 aromatic rings. The Labute approximate surface area is 103 Å². The van der Waals surface area contributed by atoms with E-state index in [1.807, 2.05) is 0 Å². The minimum absolute atomic E-state index is 0.0208. The van der Waals surface area contributed by atoms with Crippen molar-refractivity contribution in [3.63, 3.8) is 0 Å². The summed E-state index contributed by atoms with van der Waals surface area (Å²) in [6, 6.07) is 5.62. The zero-order valence-electron chi connectivity index (χ0n) is 9.79. The highest BCUT2D eigenvalue weighted by molar-refractivity contribution is 5.97. The van der Waals surface area contributed by atoms with Crippen molar-refractivity contribution in [3.8, 4) is 0 Å². The van der Waals surface area contributed by atoms with Crippen LogP contribution in [0.3, 0.4) is 0 Å². The fourth-order valence-corrected chi connectivity index (χ4v) is 1.37. The van der Waals surface area contributed by atoms with Crippen molar-refractivity contribution in [2.24, 2.45) is 0 Å². The van der Waals surface area contributed by atoms with Crippen LogP contribution in [0.25, 0.3) is 0 Å². The number of rotatable bonds is 5. The van der Waals surface area contributed by atoms with Gasteiger partial charge in [0.1, 0.15) is 0 Å². The van der Waals surface area contributed by atoms with E-state index in [1.165, 1.54) is 36.2 Å². The first kappa shape index (κ1) is 13.7. The second-order valence-corrected chi connectivity index (χ2v) is 3.76. The van der Waals surface area contributed by atoms with Gasteiger partial charge in [0.2, 0.25) is 0 Å². The van der Waals surface area contributed by atoms with Crippen LogP contribution in [0.5, 0.6) is 0 Å². The molecule has 0 aliphatic rings. The second kappa shape index (κ2) is 5.81. The molecule has 18 heavy (non-hydrogen) atoms. The highest BCUT2D eigenvalue weighted by atomic mass is 16.4. The largest absolute Gasteiger partial charge is 0.481 e. The highest BCUT2D eigenvalue weighted by Crippen LogP contribution is 2.08. The fraction of sp³-hybridized carbons (Fsp3) is 0.250. The molecule has 0 fully saturated rings. The summed E-state index contributed by atoms with van der Waals surface area (Å²) in [5, 5.41) is 17.3. The smallest absolute Gasteiger partial charge is 0.335 e.